The minimum absolute atomic E-state index is 0.0316. The third-order valence-electron chi connectivity index (χ3n) is 5.86. The molecule has 1 N–H and O–H groups in total. The van der Waals surface area contributed by atoms with E-state index < -0.39 is 27.0 Å². The van der Waals surface area contributed by atoms with Crippen LogP contribution in [0, 0.1) is 11.8 Å². The summed E-state index contributed by atoms with van der Waals surface area (Å²) in [7, 11) is -4.70. The lowest BCUT2D eigenvalue weighted by Crippen LogP contribution is -2.53. The minimum Gasteiger partial charge on any atom is -0.474 e. The Morgan fingerprint density at radius 3 is 2.57 bits per heavy atom. The van der Waals surface area contributed by atoms with Crippen LogP contribution < -0.4 is 9.46 Å². The maximum absolute atomic E-state index is 15.7. The van der Waals surface area contributed by atoms with E-state index in [-0.39, 0.29) is 24.2 Å². The number of amides is 1. The molecule has 2 fully saturated rings. The molecule has 11 heteroatoms. The molecule has 1 aromatic carbocycles. The van der Waals surface area contributed by atoms with Crippen molar-refractivity contribution in [1.29, 1.82) is 0 Å². The smallest absolute Gasteiger partial charge is 0.333 e. The molecule has 1 saturated carbocycles. The van der Waals surface area contributed by atoms with Gasteiger partial charge in [0.15, 0.2) is 0 Å². The quantitative estimate of drug-likeness (QED) is 0.477. The van der Waals surface area contributed by atoms with Gasteiger partial charge in [-0.25, -0.2) is 18.1 Å². The number of hydrogen-bond donors (Lipinski definition) is 1. The van der Waals surface area contributed by atoms with Crippen molar-refractivity contribution in [1.82, 2.24) is 14.6 Å². The van der Waals surface area contributed by atoms with Crippen LogP contribution in [0.2, 0.25) is 5.02 Å². The Kier molecular flexibility index (Phi) is 7.65. The monoisotopic (exact) mass is 525 g/mol. The second kappa shape index (κ2) is 10.4. The Morgan fingerprint density at radius 2 is 1.97 bits per heavy atom. The van der Waals surface area contributed by atoms with Crippen LogP contribution in [0.15, 0.2) is 42.6 Å². The number of halogens is 2. The van der Waals surface area contributed by atoms with Crippen LogP contribution in [0.4, 0.5) is 4.39 Å². The van der Waals surface area contributed by atoms with E-state index in [0.29, 0.717) is 43.4 Å². The van der Waals surface area contributed by atoms with Crippen LogP contribution in [0.1, 0.15) is 42.6 Å². The summed E-state index contributed by atoms with van der Waals surface area (Å²) in [5, 5.41) is -2.51. The lowest BCUT2D eigenvalue weighted by atomic mass is 10.0. The van der Waals surface area contributed by atoms with Gasteiger partial charge in [0.1, 0.15) is 5.02 Å². The van der Waals surface area contributed by atoms with Gasteiger partial charge in [-0.15, -0.1) is 0 Å². The van der Waals surface area contributed by atoms with Crippen LogP contribution in [0.25, 0.3) is 0 Å². The highest BCUT2D eigenvalue weighted by atomic mass is 35.5. The van der Waals surface area contributed by atoms with Gasteiger partial charge < -0.3 is 9.47 Å². The first-order chi connectivity index (χ1) is 16.6. The Morgan fingerprint density at radius 1 is 1.29 bits per heavy atom. The van der Waals surface area contributed by atoms with Crippen LogP contribution >= 0.6 is 11.6 Å². The maximum Gasteiger partial charge on any atom is 0.333 e. The van der Waals surface area contributed by atoms with Crippen molar-refractivity contribution in [3.05, 3.63) is 58.7 Å². The number of alkyl halides is 1. The molecule has 190 valence electrons. The van der Waals surface area contributed by atoms with Crippen molar-refractivity contribution >= 4 is 27.5 Å². The molecule has 1 aromatic heterocycles. The highest BCUT2D eigenvalue weighted by molar-refractivity contribution is 7.91. The summed E-state index contributed by atoms with van der Waals surface area (Å²) in [5.74, 6) is -1.32. The number of hydrogen-bond acceptors (Lipinski definition) is 7. The molecule has 0 spiro atoms. The van der Waals surface area contributed by atoms with Crippen LogP contribution in [0.5, 0.6) is 5.88 Å². The summed E-state index contributed by atoms with van der Waals surface area (Å²) in [6.45, 7) is 5.54. The highest BCUT2D eigenvalue weighted by Gasteiger charge is 2.58. The number of nitrogens with one attached hydrogen (secondary N) is 1. The van der Waals surface area contributed by atoms with E-state index in [2.05, 4.69) is 9.88 Å². The molecule has 0 radical (unpaired) electrons. The Bertz CT molecular complexity index is 1160. The number of benzene rings is 1. The van der Waals surface area contributed by atoms with E-state index in [1.54, 1.807) is 30.5 Å². The first-order valence-electron chi connectivity index (χ1n) is 11.6. The third-order valence-corrected chi connectivity index (χ3v) is 7.77. The van der Waals surface area contributed by atoms with Gasteiger partial charge in [0.25, 0.3) is 15.9 Å². The number of carbonyl (C=O) groups excluding carboxylic acids is 1. The summed E-state index contributed by atoms with van der Waals surface area (Å²) in [5.41, 5.74) is 1.04. The average Bonchev–Trinajstić information content (AvgIpc) is 3.62. The number of sulfonamides is 1. The van der Waals surface area contributed by atoms with E-state index in [4.69, 9.17) is 21.1 Å². The molecular weight excluding hydrogens is 497 g/mol. The first-order valence-corrected chi connectivity index (χ1v) is 13.4. The zero-order chi connectivity index (χ0) is 25.2. The summed E-state index contributed by atoms with van der Waals surface area (Å²) in [4.78, 5) is 18.7. The first kappa shape index (κ1) is 25.8. The van der Waals surface area contributed by atoms with E-state index in [9.17, 15) is 13.2 Å². The topological polar surface area (TPSA) is 97.8 Å². The molecule has 2 aromatic rings. The fraction of sp³-hybridized carbons (Fsp3) is 0.500. The summed E-state index contributed by atoms with van der Waals surface area (Å²) in [6.07, 6.45) is 2.45. The van der Waals surface area contributed by atoms with Gasteiger partial charge in [-0.3, -0.25) is 9.69 Å². The van der Waals surface area contributed by atoms with Gasteiger partial charge in [-0.2, -0.15) is 4.39 Å². The normalized spacial score (nSPS) is 18.7. The fourth-order valence-corrected chi connectivity index (χ4v) is 5.58. The van der Waals surface area contributed by atoms with Crippen molar-refractivity contribution in [2.75, 3.05) is 19.7 Å². The van der Waals surface area contributed by atoms with Gasteiger partial charge in [-0.1, -0.05) is 29.8 Å². The van der Waals surface area contributed by atoms with Crippen molar-refractivity contribution in [2.24, 2.45) is 11.8 Å². The lowest BCUT2D eigenvalue weighted by molar-refractivity contribution is -0.121. The lowest BCUT2D eigenvalue weighted by Gasteiger charge is -2.40. The summed E-state index contributed by atoms with van der Waals surface area (Å²) >= 11 is 6.25. The predicted octanol–water partition coefficient (Wildman–Crippen LogP) is 3.76. The van der Waals surface area contributed by atoms with E-state index in [1.807, 2.05) is 18.6 Å². The number of likely N-dealkylation sites (tertiary alicyclic amines) is 1. The molecule has 1 aliphatic carbocycles. The number of carbonyl (C=O) groups is 1. The molecule has 0 bridgehead atoms. The largest absolute Gasteiger partial charge is 0.474 e. The summed E-state index contributed by atoms with van der Waals surface area (Å²) in [6, 6.07) is 9.61. The standard InChI is InChI=1S/C24H29ClFN3O5S/c1-16(2)34-23-21(25)10-17(11-27-23)12-29-13-18(14-29)15-33-24(26,20-8-9-20)35(31,32)28-22(30)19-6-4-3-5-7-19/h3-7,10-11,16,18,20H,8-9,12-15H2,1-2H3,(H,28,30). The predicted molar refractivity (Wildman–Crippen MR) is 129 cm³/mol. The van der Waals surface area contributed by atoms with Gasteiger partial charge >= 0.3 is 5.19 Å². The zero-order valence-corrected chi connectivity index (χ0v) is 21.2. The fourth-order valence-electron chi connectivity index (χ4n) is 3.95. The number of pyridine rings is 1. The van der Waals surface area contributed by atoms with Gasteiger partial charge in [0.2, 0.25) is 5.88 Å². The molecule has 1 unspecified atom stereocenters. The van der Waals surface area contributed by atoms with Gasteiger partial charge in [0.05, 0.1) is 12.7 Å². The van der Waals surface area contributed by atoms with E-state index >= 15 is 4.39 Å². The molecule has 1 atom stereocenters. The van der Waals surface area contributed by atoms with Crippen LogP contribution in [-0.4, -0.2) is 55.2 Å². The summed E-state index contributed by atoms with van der Waals surface area (Å²) < 4.78 is 54.1. The number of rotatable bonds is 11. The second-order valence-electron chi connectivity index (χ2n) is 9.33. The molecule has 1 amide bonds. The molecule has 1 saturated heterocycles. The average molecular weight is 526 g/mol. The number of ether oxygens (including phenoxy) is 2. The Hall–Kier alpha value is -2.27. The molecule has 2 heterocycles. The zero-order valence-electron chi connectivity index (χ0n) is 19.6. The minimum atomic E-state index is -4.70. The molecule has 4 rings (SSSR count). The molecule has 8 nitrogen and oxygen atoms in total. The highest BCUT2D eigenvalue weighted by Crippen LogP contribution is 2.46. The second-order valence-corrected chi connectivity index (χ2v) is 11.5. The maximum atomic E-state index is 15.7. The number of nitrogens with zero attached hydrogens (tertiary/aromatic N) is 2. The van der Waals surface area contributed by atoms with Crippen LogP contribution in [0.3, 0.4) is 0 Å². The van der Waals surface area contributed by atoms with Crippen molar-refractivity contribution in [2.45, 2.75) is 44.5 Å². The van der Waals surface area contributed by atoms with E-state index in [0.717, 1.165) is 5.56 Å². The van der Waals surface area contributed by atoms with E-state index in [1.165, 1.54) is 12.1 Å². The molecule has 35 heavy (non-hydrogen) atoms. The van der Waals surface area contributed by atoms with Crippen LogP contribution in [-0.2, 0) is 21.3 Å². The van der Waals surface area contributed by atoms with Crippen molar-refractivity contribution in [3.63, 3.8) is 0 Å². The van der Waals surface area contributed by atoms with Crippen molar-refractivity contribution in [3.8, 4) is 5.88 Å². The molecule has 2 aliphatic rings. The van der Waals surface area contributed by atoms with Gasteiger partial charge in [-0.05, 0) is 50.5 Å². The Labute approximate surface area is 209 Å². The SMILES string of the molecule is CC(C)Oc1ncc(CN2CC(COC(F)(C3CC3)S(=O)(=O)NC(=O)c3ccccc3)C2)cc1Cl. The van der Waals surface area contributed by atoms with Crippen molar-refractivity contribution < 1.29 is 27.1 Å². The number of aromatic nitrogens is 1. The Balaban J connectivity index is 1.30. The molecule has 1 aliphatic heterocycles. The third kappa shape index (κ3) is 6.11. The molecular formula is C24H29ClFN3O5S. The van der Waals surface area contributed by atoms with Gasteiger partial charge in [0, 0.05) is 43.2 Å².